The van der Waals surface area contributed by atoms with Gasteiger partial charge in [-0.1, -0.05) is 39.0 Å². The van der Waals surface area contributed by atoms with Crippen LogP contribution in [-0.2, 0) is 23.3 Å². The minimum Gasteiger partial charge on any atom is -0.481 e. The van der Waals surface area contributed by atoms with Crippen molar-refractivity contribution in [2.75, 3.05) is 0 Å². The van der Waals surface area contributed by atoms with Crippen LogP contribution >= 0.6 is 0 Å². The van der Waals surface area contributed by atoms with E-state index in [0.29, 0.717) is 18.8 Å². The first-order valence-corrected chi connectivity index (χ1v) is 10.2. The second-order valence-corrected chi connectivity index (χ2v) is 8.45. The molecule has 1 aromatic carbocycles. The lowest BCUT2D eigenvalue weighted by Crippen LogP contribution is -2.39. The standard InChI is InChI=1S/C25H29N3O2/c1-19(30-23-9-7-22(8-10-23)25(2,3)4)24(29)28(17-20-11-14-26-15-12-20)18-21-6-5-13-27-16-21/h5-16,19H,17-18H2,1-4H3. The summed E-state index contributed by atoms with van der Waals surface area (Å²) in [7, 11) is 0. The molecule has 5 nitrogen and oxygen atoms in total. The molecule has 0 aliphatic heterocycles. The maximum Gasteiger partial charge on any atom is 0.263 e. The van der Waals surface area contributed by atoms with Gasteiger partial charge in [0.15, 0.2) is 6.10 Å². The van der Waals surface area contributed by atoms with Gasteiger partial charge >= 0.3 is 0 Å². The maximum atomic E-state index is 13.2. The smallest absolute Gasteiger partial charge is 0.263 e. The van der Waals surface area contributed by atoms with Crippen molar-refractivity contribution in [1.82, 2.24) is 14.9 Å². The van der Waals surface area contributed by atoms with E-state index in [9.17, 15) is 4.79 Å². The zero-order valence-electron chi connectivity index (χ0n) is 18.1. The van der Waals surface area contributed by atoms with Crippen molar-refractivity contribution in [2.24, 2.45) is 0 Å². The van der Waals surface area contributed by atoms with E-state index in [-0.39, 0.29) is 11.3 Å². The molecule has 1 amide bonds. The van der Waals surface area contributed by atoms with Gasteiger partial charge in [0.2, 0.25) is 0 Å². The SMILES string of the molecule is CC(Oc1ccc(C(C)(C)C)cc1)C(=O)N(Cc1ccncc1)Cc1cccnc1. The van der Waals surface area contributed by atoms with Crippen LogP contribution in [0.2, 0.25) is 0 Å². The summed E-state index contributed by atoms with van der Waals surface area (Å²) in [5, 5.41) is 0. The Morgan fingerprint density at radius 2 is 1.60 bits per heavy atom. The Morgan fingerprint density at radius 1 is 0.933 bits per heavy atom. The van der Waals surface area contributed by atoms with Gasteiger partial charge in [-0.25, -0.2) is 0 Å². The largest absolute Gasteiger partial charge is 0.481 e. The van der Waals surface area contributed by atoms with Gasteiger partial charge < -0.3 is 9.64 Å². The Kier molecular flexibility index (Phi) is 6.83. The van der Waals surface area contributed by atoms with E-state index < -0.39 is 6.10 Å². The molecule has 0 radical (unpaired) electrons. The van der Waals surface area contributed by atoms with Crippen LogP contribution in [0, 0.1) is 0 Å². The van der Waals surface area contributed by atoms with Gasteiger partial charge in [-0.2, -0.15) is 0 Å². The first-order valence-electron chi connectivity index (χ1n) is 10.2. The van der Waals surface area contributed by atoms with Crippen LogP contribution in [0.15, 0.2) is 73.3 Å². The monoisotopic (exact) mass is 403 g/mol. The van der Waals surface area contributed by atoms with Crippen LogP contribution in [0.4, 0.5) is 0 Å². The molecule has 1 atom stereocenters. The summed E-state index contributed by atoms with van der Waals surface area (Å²) in [6, 6.07) is 15.6. The van der Waals surface area contributed by atoms with Crippen LogP contribution in [0.1, 0.15) is 44.4 Å². The quantitative estimate of drug-likeness (QED) is 0.570. The van der Waals surface area contributed by atoms with Gasteiger partial charge in [-0.15, -0.1) is 0 Å². The zero-order chi connectivity index (χ0) is 21.6. The molecule has 3 aromatic rings. The van der Waals surface area contributed by atoms with Crippen molar-refractivity contribution >= 4 is 5.91 Å². The second-order valence-electron chi connectivity index (χ2n) is 8.45. The summed E-state index contributed by atoms with van der Waals surface area (Å²) in [5.41, 5.74) is 3.29. The maximum absolute atomic E-state index is 13.2. The molecule has 3 rings (SSSR count). The Bertz CT molecular complexity index is 894. The van der Waals surface area contributed by atoms with Gasteiger partial charge in [0.1, 0.15) is 5.75 Å². The van der Waals surface area contributed by atoms with Gasteiger partial charge in [0, 0.05) is 37.9 Å². The molecule has 0 bridgehead atoms. The lowest BCUT2D eigenvalue weighted by molar-refractivity contribution is -0.139. The van der Waals surface area contributed by atoms with E-state index >= 15 is 0 Å². The van der Waals surface area contributed by atoms with E-state index in [1.165, 1.54) is 5.56 Å². The first kappa shape index (κ1) is 21.5. The molecule has 5 heteroatoms. The summed E-state index contributed by atoms with van der Waals surface area (Å²) in [4.78, 5) is 23.3. The number of hydrogen-bond acceptors (Lipinski definition) is 4. The lowest BCUT2D eigenvalue weighted by Gasteiger charge is -2.26. The van der Waals surface area contributed by atoms with Crippen LogP contribution in [-0.4, -0.2) is 26.9 Å². The first-order chi connectivity index (χ1) is 14.3. The number of benzene rings is 1. The van der Waals surface area contributed by atoms with E-state index in [2.05, 4.69) is 42.9 Å². The van der Waals surface area contributed by atoms with Crippen LogP contribution in [0.25, 0.3) is 0 Å². The zero-order valence-corrected chi connectivity index (χ0v) is 18.1. The number of carbonyl (C=O) groups excluding carboxylic acids is 1. The molecular formula is C25H29N3O2. The Balaban J connectivity index is 1.73. The summed E-state index contributed by atoms with van der Waals surface area (Å²) in [6.07, 6.45) is 6.37. The Morgan fingerprint density at radius 3 is 2.20 bits per heavy atom. The van der Waals surface area contributed by atoms with Gasteiger partial charge in [0.05, 0.1) is 0 Å². The third-order valence-corrected chi connectivity index (χ3v) is 4.91. The molecule has 2 heterocycles. The molecule has 0 saturated carbocycles. The summed E-state index contributed by atoms with van der Waals surface area (Å²) in [6.45, 7) is 9.25. The highest BCUT2D eigenvalue weighted by atomic mass is 16.5. The molecule has 156 valence electrons. The highest BCUT2D eigenvalue weighted by molar-refractivity contribution is 5.81. The molecule has 0 saturated heterocycles. The molecule has 1 unspecified atom stereocenters. The van der Waals surface area contributed by atoms with E-state index in [0.717, 1.165) is 11.1 Å². The molecule has 0 aliphatic carbocycles. The van der Waals surface area contributed by atoms with Crippen LogP contribution in [0.3, 0.4) is 0 Å². The van der Waals surface area contributed by atoms with Crippen molar-refractivity contribution in [3.05, 3.63) is 90.0 Å². The number of aromatic nitrogens is 2. The number of amides is 1. The molecule has 30 heavy (non-hydrogen) atoms. The van der Waals surface area contributed by atoms with Gasteiger partial charge in [-0.3, -0.25) is 14.8 Å². The topological polar surface area (TPSA) is 55.3 Å². The normalized spacial score (nSPS) is 12.3. The fourth-order valence-corrected chi connectivity index (χ4v) is 3.18. The summed E-state index contributed by atoms with van der Waals surface area (Å²) in [5.74, 6) is 0.615. The van der Waals surface area contributed by atoms with Crippen LogP contribution in [0.5, 0.6) is 5.75 Å². The van der Waals surface area contributed by atoms with Crippen LogP contribution < -0.4 is 4.74 Å². The predicted molar refractivity (Wildman–Crippen MR) is 118 cm³/mol. The molecule has 0 aliphatic rings. The molecular weight excluding hydrogens is 374 g/mol. The molecule has 0 fully saturated rings. The van der Waals surface area contributed by atoms with E-state index in [1.54, 1.807) is 36.6 Å². The van der Waals surface area contributed by atoms with Crippen molar-refractivity contribution in [3.63, 3.8) is 0 Å². The third-order valence-electron chi connectivity index (χ3n) is 4.91. The van der Waals surface area contributed by atoms with Gasteiger partial charge in [0.25, 0.3) is 5.91 Å². The lowest BCUT2D eigenvalue weighted by atomic mass is 9.87. The van der Waals surface area contributed by atoms with E-state index in [4.69, 9.17) is 4.74 Å². The Labute approximate surface area is 178 Å². The van der Waals surface area contributed by atoms with Gasteiger partial charge in [-0.05, 0) is 59.4 Å². The second kappa shape index (κ2) is 9.53. The summed E-state index contributed by atoms with van der Waals surface area (Å²) < 4.78 is 5.98. The van der Waals surface area contributed by atoms with Crippen molar-refractivity contribution in [2.45, 2.75) is 52.3 Å². The van der Waals surface area contributed by atoms with Crippen molar-refractivity contribution < 1.29 is 9.53 Å². The minimum absolute atomic E-state index is 0.0736. The number of hydrogen-bond donors (Lipinski definition) is 0. The van der Waals surface area contributed by atoms with E-state index in [1.807, 2.05) is 36.4 Å². The van der Waals surface area contributed by atoms with Crippen molar-refractivity contribution in [1.29, 1.82) is 0 Å². The average Bonchev–Trinajstić information content (AvgIpc) is 2.74. The fourth-order valence-electron chi connectivity index (χ4n) is 3.18. The molecule has 2 aromatic heterocycles. The fraction of sp³-hybridized carbons (Fsp3) is 0.320. The number of ether oxygens (including phenoxy) is 1. The number of rotatable bonds is 7. The molecule has 0 spiro atoms. The summed E-state index contributed by atoms with van der Waals surface area (Å²) >= 11 is 0. The molecule has 0 N–H and O–H groups in total. The van der Waals surface area contributed by atoms with Crippen molar-refractivity contribution in [3.8, 4) is 5.75 Å². The third kappa shape index (κ3) is 5.89. The number of nitrogens with zero attached hydrogens (tertiary/aromatic N) is 3. The average molecular weight is 404 g/mol. The number of carbonyl (C=O) groups is 1. The highest BCUT2D eigenvalue weighted by Crippen LogP contribution is 2.25. The minimum atomic E-state index is -0.607. The predicted octanol–water partition coefficient (Wildman–Crippen LogP) is 4.77. The Hall–Kier alpha value is -3.21. The number of pyridine rings is 2. The highest BCUT2D eigenvalue weighted by Gasteiger charge is 2.23.